The van der Waals surface area contributed by atoms with E-state index in [2.05, 4.69) is 0 Å². The Hall–Kier alpha value is -3.45. The number of methoxy groups -OCH3 is 1. The quantitative estimate of drug-likeness (QED) is 0.349. The normalized spacial score (nSPS) is 17.9. The first-order valence-electron chi connectivity index (χ1n) is 9.59. The maximum absolute atomic E-state index is 13.7. The van der Waals surface area contributed by atoms with Crippen LogP contribution in [0.5, 0.6) is 5.75 Å². The molecule has 1 amide bonds. The molecule has 1 N–H and O–H groups in total. The van der Waals surface area contributed by atoms with Crippen LogP contribution >= 0.6 is 11.3 Å². The molecule has 0 bridgehead atoms. The Bertz CT molecular complexity index is 1210. The number of carbonyl (C=O) groups is 2. The molecule has 3 aromatic rings. The molecule has 1 aliphatic heterocycles. The highest BCUT2D eigenvalue weighted by molar-refractivity contribution is 7.10. The van der Waals surface area contributed by atoms with Gasteiger partial charge in [0.1, 0.15) is 23.4 Å². The van der Waals surface area contributed by atoms with E-state index < -0.39 is 23.5 Å². The van der Waals surface area contributed by atoms with Gasteiger partial charge in [0, 0.05) is 16.1 Å². The summed E-state index contributed by atoms with van der Waals surface area (Å²) in [5.41, 5.74) is 2.01. The fraction of sp³-hybridized carbons (Fsp3) is 0.167. The standard InChI is InChI=1S/C24H20FNO4S/c1-13-10-11-31-23(13)20-19(21(27)15-4-9-18(25)14(2)12-15)22(28)24(29)26(20)16-5-7-17(30-3)8-6-16/h4-12,20,27H,1-3H3/b21-19-. The number of rotatable bonds is 4. The summed E-state index contributed by atoms with van der Waals surface area (Å²) < 4.78 is 18.9. The molecule has 4 rings (SSSR count). The van der Waals surface area contributed by atoms with Crippen LogP contribution in [0.15, 0.2) is 59.5 Å². The van der Waals surface area contributed by atoms with Gasteiger partial charge in [-0.2, -0.15) is 0 Å². The van der Waals surface area contributed by atoms with E-state index in [0.717, 1.165) is 10.4 Å². The lowest BCUT2D eigenvalue weighted by molar-refractivity contribution is -0.132. The molecule has 0 saturated carbocycles. The number of ketones is 1. The highest BCUT2D eigenvalue weighted by Gasteiger charge is 2.47. The van der Waals surface area contributed by atoms with Gasteiger partial charge in [-0.1, -0.05) is 0 Å². The second-order valence-corrected chi connectivity index (χ2v) is 8.25. The number of amides is 1. The summed E-state index contributed by atoms with van der Waals surface area (Å²) in [7, 11) is 1.54. The molecule has 1 unspecified atom stereocenters. The molecule has 1 atom stereocenters. The Morgan fingerprint density at radius 3 is 2.35 bits per heavy atom. The molecule has 7 heteroatoms. The molecule has 1 aromatic heterocycles. The van der Waals surface area contributed by atoms with E-state index >= 15 is 0 Å². The number of anilines is 1. The zero-order valence-corrected chi connectivity index (χ0v) is 18.0. The molecule has 0 aliphatic carbocycles. The first-order chi connectivity index (χ1) is 14.8. The largest absolute Gasteiger partial charge is 0.507 e. The molecule has 5 nitrogen and oxygen atoms in total. The fourth-order valence-electron chi connectivity index (χ4n) is 3.70. The predicted octanol–water partition coefficient (Wildman–Crippen LogP) is 5.14. The molecule has 0 spiro atoms. The number of aliphatic hydroxyl groups is 1. The minimum Gasteiger partial charge on any atom is -0.507 e. The Kier molecular flexibility index (Phi) is 5.37. The Morgan fingerprint density at radius 1 is 1.06 bits per heavy atom. The van der Waals surface area contributed by atoms with Crippen molar-refractivity contribution in [3.8, 4) is 5.75 Å². The molecule has 31 heavy (non-hydrogen) atoms. The number of Topliss-reactive ketones (excluding diaryl/α,β-unsaturated/α-hetero) is 1. The van der Waals surface area contributed by atoms with E-state index in [-0.39, 0.29) is 16.9 Å². The van der Waals surface area contributed by atoms with Crippen molar-refractivity contribution in [3.63, 3.8) is 0 Å². The van der Waals surface area contributed by atoms with E-state index in [1.165, 1.54) is 34.4 Å². The Balaban J connectivity index is 1.93. The number of benzene rings is 2. The van der Waals surface area contributed by atoms with Crippen molar-refractivity contribution in [2.75, 3.05) is 12.0 Å². The van der Waals surface area contributed by atoms with Gasteiger partial charge in [-0.3, -0.25) is 14.5 Å². The lowest BCUT2D eigenvalue weighted by Gasteiger charge is -2.25. The van der Waals surface area contributed by atoms with Gasteiger partial charge in [-0.15, -0.1) is 11.3 Å². The average Bonchev–Trinajstić information content (AvgIpc) is 3.30. The lowest BCUT2D eigenvalue weighted by Crippen LogP contribution is -2.29. The molecular formula is C24H20FNO4S. The van der Waals surface area contributed by atoms with Crippen molar-refractivity contribution >= 4 is 34.5 Å². The van der Waals surface area contributed by atoms with Crippen LogP contribution in [0, 0.1) is 19.7 Å². The van der Waals surface area contributed by atoms with Crippen molar-refractivity contribution in [3.05, 3.63) is 86.9 Å². The minimum absolute atomic E-state index is 0.0163. The number of hydrogen-bond acceptors (Lipinski definition) is 5. The fourth-order valence-corrected chi connectivity index (χ4v) is 4.73. The van der Waals surface area contributed by atoms with E-state index in [1.807, 2.05) is 18.4 Å². The van der Waals surface area contributed by atoms with Crippen molar-refractivity contribution in [2.24, 2.45) is 0 Å². The summed E-state index contributed by atoms with van der Waals surface area (Å²) in [6.07, 6.45) is 0. The third-order valence-electron chi connectivity index (χ3n) is 5.38. The number of aryl methyl sites for hydroxylation is 2. The van der Waals surface area contributed by atoms with Crippen molar-refractivity contribution in [1.29, 1.82) is 0 Å². The second kappa shape index (κ2) is 8.00. The van der Waals surface area contributed by atoms with Crippen LogP contribution in [0.1, 0.15) is 27.6 Å². The van der Waals surface area contributed by atoms with Crippen LogP contribution in [0.25, 0.3) is 5.76 Å². The molecule has 0 radical (unpaired) electrons. The first kappa shape index (κ1) is 20.8. The zero-order valence-electron chi connectivity index (χ0n) is 17.2. The number of nitrogens with zero attached hydrogens (tertiary/aromatic N) is 1. The number of halogens is 1. The third kappa shape index (κ3) is 3.51. The molecule has 1 aliphatic rings. The van der Waals surface area contributed by atoms with E-state index in [0.29, 0.717) is 17.0 Å². The third-order valence-corrected chi connectivity index (χ3v) is 6.45. The number of aliphatic hydroxyl groups excluding tert-OH is 1. The first-order valence-corrected chi connectivity index (χ1v) is 10.5. The van der Waals surface area contributed by atoms with Crippen molar-refractivity contribution in [2.45, 2.75) is 19.9 Å². The van der Waals surface area contributed by atoms with Gasteiger partial charge in [0.2, 0.25) is 0 Å². The SMILES string of the molecule is COc1ccc(N2C(=O)C(=O)/C(=C(\O)c3ccc(F)c(C)c3)C2c2sccc2C)cc1. The van der Waals surface area contributed by atoms with Crippen LogP contribution in [-0.4, -0.2) is 23.9 Å². The maximum atomic E-state index is 13.7. The van der Waals surface area contributed by atoms with Gasteiger partial charge in [-0.25, -0.2) is 4.39 Å². The van der Waals surface area contributed by atoms with Gasteiger partial charge in [-0.05, 0) is 78.9 Å². The molecule has 1 saturated heterocycles. The summed E-state index contributed by atoms with van der Waals surface area (Å²) in [5.74, 6) is -1.64. The van der Waals surface area contributed by atoms with Gasteiger partial charge < -0.3 is 9.84 Å². The number of ether oxygens (including phenoxy) is 1. The minimum atomic E-state index is -0.793. The van der Waals surface area contributed by atoms with Crippen LogP contribution in [0.3, 0.4) is 0 Å². The average molecular weight is 437 g/mol. The van der Waals surface area contributed by atoms with E-state index in [9.17, 15) is 19.1 Å². The van der Waals surface area contributed by atoms with Gasteiger partial charge in [0.25, 0.3) is 11.7 Å². The smallest absolute Gasteiger partial charge is 0.300 e. The van der Waals surface area contributed by atoms with Gasteiger partial charge in [0.05, 0.1) is 12.7 Å². The van der Waals surface area contributed by atoms with Crippen molar-refractivity contribution in [1.82, 2.24) is 0 Å². The number of thiophene rings is 1. The van der Waals surface area contributed by atoms with Crippen LogP contribution in [0.4, 0.5) is 10.1 Å². The summed E-state index contributed by atoms with van der Waals surface area (Å²) >= 11 is 1.40. The predicted molar refractivity (Wildman–Crippen MR) is 118 cm³/mol. The van der Waals surface area contributed by atoms with Crippen LogP contribution < -0.4 is 9.64 Å². The number of hydrogen-bond donors (Lipinski definition) is 1. The van der Waals surface area contributed by atoms with Gasteiger partial charge >= 0.3 is 0 Å². The summed E-state index contributed by atoms with van der Waals surface area (Å²) in [6.45, 7) is 3.46. The van der Waals surface area contributed by atoms with E-state index in [1.54, 1.807) is 38.3 Å². The number of carbonyl (C=O) groups excluding carboxylic acids is 2. The molecule has 2 heterocycles. The van der Waals surface area contributed by atoms with E-state index in [4.69, 9.17) is 4.74 Å². The lowest BCUT2D eigenvalue weighted by atomic mass is 9.97. The molecule has 1 fully saturated rings. The maximum Gasteiger partial charge on any atom is 0.300 e. The topological polar surface area (TPSA) is 66.8 Å². The monoisotopic (exact) mass is 437 g/mol. The second-order valence-electron chi connectivity index (χ2n) is 7.30. The van der Waals surface area contributed by atoms with Crippen molar-refractivity contribution < 1.29 is 23.8 Å². The van der Waals surface area contributed by atoms with Crippen LogP contribution in [-0.2, 0) is 9.59 Å². The summed E-state index contributed by atoms with van der Waals surface area (Å²) in [6, 6.07) is 12.0. The molecule has 2 aromatic carbocycles. The summed E-state index contributed by atoms with van der Waals surface area (Å²) in [4.78, 5) is 28.3. The van der Waals surface area contributed by atoms with Crippen LogP contribution in [0.2, 0.25) is 0 Å². The molecular weight excluding hydrogens is 417 g/mol. The molecule has 158 valence electrons. The zero-order chi connectivity index (χ0) is 22.3. The Labute approximate surface area is 183 Å². The highest BCUT2D eigenvalue weighted by Crippen LogP contribution is 2.45. The Morgan fingerprint density at radius 2 is 1.77 bits per heavy atom. The highest BCUT2D eigenvalue weighted by atomic mass is 32.1. The summed E-state index contributed by atoms with van der Waals surface area (Å²) in [5, 5.41) is 12.9. The van der Waals surface area contributed by atoms with Gasteiger partial charge in [0.15, 0.2) is 0 Å².